The van der Waals surface area contributed by atoms with E-state index in [1.54, 1.807) is 6.07 Å². The monoisotopic (exact) mass is 193 g/mol. The molecule has 3 heteroatoms. The fourth-order valence-electron chi connectivity index (χ4n) is 1.20. The smallest absolute Gasteiger partial charge is 0.337 e. The van der Waals surface area contributed by atoms with Crippen LogP contribution >= 0.6 is 0 Å². The van der Waals surface area contributed by atoms with E-state index in [1.807, 2.05) is 25.1 Å². The zero-order valence-corrected chi connectivity index (χ0v) is 8.54. The molecule has 14 heavy (non-hydrogen) atoms. The first-order chi connectivity index (χ1) is 6.77. The van der Waals surface area contributed by atoms with E-state index in [0.29, 0.717) is 5.56 Å². The lowest BCUT2D eigenvalue weighted by atomic mass is 10.1. The van der Waals surface area contributed by atoms with E-state index in [2.05, 4.69) is 10.1 Å². The van der Waals surface area contributed by atoms with Crippen molar-refractivity contribution < 1.29 is 9.53 Å². The Kier molecular flexibility index (Phi) is 4.13. The van der Waals surface area contributed by atoms with E-state index >= 15 is 0 Å². The second-order valence-electron chi connectivity index (χ2n) is 2.97. The number of ether oxygens (including phenoxy) is 1. The van der Waals surface area contributed by atoms with Gasteiger partial charge in [-0.05, 0) is 24.2 Å². The van der Waals surface area contributed by atoms with Gasteiger partial charge in [0.05, 0.1) is 12.7 Å². The fourth-order valence-corrected chi connectivity index (χ4v) is 1.20. The van der Waals surface area contributed by atoms with Gasteiger partial charge in [-0.1, -0.05) is 19.1 Å². The van der Waals surface area contributed by atoms with Crippen LogP contribution in [0, 0.1) is 0 Å². The summed E-state index contributed by atoms with van der Waals surface area (Å²) in [5, 5.41) is 3.20. The molecule has 0 bridgehead atoms. The van der Waals surface area contributed by atoms with Gasteiger partial charge < -0.3 is 10.1 Å². The van der Waals surface area contributed by atoms with Gasteiger partial charge in [0.25, 0.3) is 0 Å². The Labute approximate surface area is 84.1 Å². The molecule has 0 spiro atoms. The Morgan fingerprint density at radius 2 is 2.29 bits per heavy atom. The number of benzene rings is 1. The van der Waals surface area contributed by atoms with Crippen molar-refractivity contribution >= 4 is 5.97 Å². The molecule has 76 valence electrons. The molecule has 3 nitrogen and oxygen atoms in total. The number of carbonyl (C=O) groups excluding carboxylic acids is 1. The molecule has 0 amide bonds. The Hall–Kier alpha value is -1.35. The molecule has 0 unspecified atom stereocenters. The Morgan fingerprint density at radius 3 is 2.93 bits per heavy atom. The van der Waals surface area contributed by atoms with Crippen LogP contribution in [-0.4, -0.2) is 19.6 Å². The zero-order chi connectivity index (χ0) is 10.4. The van der Waals surface area contributed by atoms with Crippen LogP contribution in [0.5, 0.6) is 0 Å². The largest absolute Gasteiger partial charge is 0.465 e. The molecule has 0 aliphatic rings. The lowest BCUT2D eigenvalue weighted by Crippen LogP contribution is -2.12. The number of hydrogen-bond acceptors (Lipinski definition) is 3. The minimum atomic E-state index is -0.289. The topological polar surface area (TPSA) is 38.3 Å². The minimum absolute atomic E-state index is 0.289. The average Bonchev–Trinajstić information content (AvgIpc) is 2.25. The summed E-state index contributed by atoms with van der Waals surface area (Å²) in [5.41, 5.74) is 1.69. The van der Waals surface area contributed by atoms with Crippen LogP contribution in [0.2, 0.25) is 0 Å². The summed E-state index contributed by atoms with van der Waals surface area (Å²) >= 11 is 0. The Bertz CT molecular complexity index is 310. The van der Waals surface area contributed by atoms with Gasteiger partial charge in [0.1, 0.15) is 0 Å². The molecule has 1 aromatic rings. The van der Waals surface area contributed by atoms with Gasteiger partial charge in [-0.3, -0.25) is 0 Å². The van der Waals surface area contributed by atoms with Crippen molar-refractivity contribution in [2.24, 2.45) is 0 Å². The third kappa shape index (κ3) is 2.85. The second kappa shape index (κ2) is 5.40. The molecule has 0 aliphatic heterocycles. The van der Waals surface area contributed by atoms with Crippen LogP contribution in [0.15, 0.2) is 24.3 Å². The maximum Gasteiger partial charge on any atom is 0.337 e. The maximum absolute atomic E-state index is 11.2. The van der Waals surface area contributed by atoms with E-state index in [1.165, 1.54) is 7.11 Å². The molecule has 1 aromatic carbocycles. The molecule has 0 heterocycles. The van der Waals surface area contributed by atoms with Gasteiger partial charge in [0.15, 0.2) is 0 Å². The van der Waals surface area contributed by atoms with Crippen LogP contribution in [0.25, 0.3) is 0 Å². The maximum atomic E-state index is 11.2. The number of methoxy groups -OCH3 is 1. The van der Waals surface area contributed by atoms with Crippen molar-refractivity contribution in [3.05, 3.63) is 35.4 Å². The van der Waals surface area contributed by atoms with Crippen LogP contribution in [-0.2, 0) is 11.3 Å². The third-order valence-electron chi connectivity index (χ3n) is 1.93. The molecule has 0 aliphatic carbocycles. The highest BCUT2D eigenvalue weighted by molar-refractivity contribution is 5.89. The normalized spacial score (nSPS) is 9.86. The molecule has 0 fully saturated rings. The molecule has 0 saturated carbocycles. The summed E-state index contributed by atoms with van der Waals surface area (Å²) in [6.07, 6.45) is 0. The van der Waals surface area contributed by atoms with Gasteiger partial charge in [0, 0.05) is 6.54 Å². The molecular formula is C11H15NO2. The van der Waals surface area contributed by atoms with Crippen molar-refractivity contribution in [1.29, 1.82) is 0 Å². The lowest BCUT2D eigenvalue weighted by Gasteiger charge is -2.04. The number of esters is 1. The van der Waals surface area contributed by atoms with Crippen LogP contribution in [0.3, 0.4) is 0 Å². The van der Waals surface area contributed by atoms with E-state index in [4.69, 9.17) is 0 Å². The predicted octanol–water partition coefficient (Wildman–Crippen LogP) is 1.58. The van der Waals surface area contributed by atoms with E-state index in [-0.39, 0.29) is 5.97 Å². The molecular weight excluding hydrogens is 178 g/mol. The number of carbonyl (C=O) groups is 1. The summed E-state index contributed by atoms with van der Waals surface area (Å²) in [5.74, 6) is -0.289. The van der Waals surface area contributed by atoms with E-state index < -0.39 is 0 Å². The first-order valence-corrected chi connectivity index (χ1v) is 4.66. The first-order valence-electron chi connectivity index (χ1n) is 4.66. The van der Waals surface area contributed by atoms with Crippen molar-refractivity contribution in [2.75, 3.05) is 13.7 Å². The molecule has 0 radical (unpaired) electrons. The van der Waals surface area contributed by atoms with Crippen molar-refractivity contribution in [3.8, 4) is 0 Å². The molecule has 0 aromatic heterocycles. The van der Waals surface area contributed by atoms with E-state index in [9.17, 15) is 4.79 Å². The SMILES string of the molecule is CCNCc1cccc(C(=O)OC)c1. The van der Waals surface area contributed by atoms with Crippen molar-refractivity contribution in [2.45, 2.75) is 13.5 Å². The van der Waals surface area contributed by atoms with Gasteiger partial charge in [-0.25, -0.2) is 4.79 Å². The van der Waals surface area contributed by atoms with Crippen LogP contribution < -0.4 is 5.32 Å². The van der Waals surface area contributed by atoms with Gasteiger partial charge in [0.2, 0.25) is 0 Å². The second-order valence-corrected chi connectivity index (χ2v) is 2.97. The number of nitrogens with one attached hydrogen (secondary N) is 1. The molecule has 1 rings (SSSR count). The summed E-state index contributed by atoms with van der Waals surface area (Å²) in [4.78, 5) is 11.2. The van der Waals surface area contributed by atoms with Crippen molar-refractivity contribution in [1.82, 2.24) is 5.32 Å². The average molecular weight is 193 g/mol. The van der Waals surface area contributed by atoms with Gasteiger partial charge in [-0.15, -0.1) is 0 Å². The summed E-state index contributed by atoms with van der Waals surface area (Å²) < 4.78 is 4.64. The van der Waals surface area contributed by atoms with Gasteiger partial charge >= 0.3 is 5.97 Å². The minimum Gasteiger partial charge on any atom is -0.465 e. The highest BCUT2D eigenvalue weighted by atomic mass is 16.5. The highest BCUT2D eigenvalue weighted by Crippen LogP contribution is 2.06. The third-order valence-corrected chi connectivity index (χ3v) is 1.93. The molecule has 1 N–H and O–H groups in total. The van der Waals surface area contributed by atoms with Gasteiger partial charge in [-0.2, -0.15) is 0 Å². The number of hydrogen-bond donors (Lipinski definition) is 1. The predicted molar refractivity (Wildman–Crippen MR) is 55.2 cm³/mol. The van der Waals surface area contributed by atoms with E-state index in [0.717, 1.165) is 18.7 Å². The Balaban J connectivity index is 2.73. The molecule has 0 saturated heterocycles. The molecule has 0 atom stereocenters. The van der Waals surface area contributed by atoms with Crippen molar-refractivity contribution in [3.63, 3.8) is 0 Å². The Morgan fingerprint density at radius 1 is 1.50 bits per heavy atom. The summed E-state index contributed by atoms with van der Waals surface area (Å²) in [7, 11) is 1.39. The summed E-state index contributed by atoms with van der Waals surface area (Å²) in [6.45, 7) is 3.74. The first kappa shape index (κ1) is 10.7. The summed E-state index contributed by atoms with van der Waals surface area (Å²) in [6, 6.07) is 7.43. The highest BCUT2D eigenvalue weighted by Gasteiger charge is 2.04. The standard InChI is InChI=1S/C11H15NO2/c1-3-12-8-9-5-4-6-10(7-9)11(13)14-2/h4-7,12H,3,8H2,1-2H3. The lowest BCUT2D eigenvalue weighted by molar-refractivity contribution is 0.0600. The van der Waals surface area contributed by atoms with Crippen LogP contribution in [0.1, 0.15) is 22.8 Å². The number of rotatable bonds is 4. The fraction of sp³-hybridized carbons (Fsp3) is 0.364. The quantitative estimate of drug-likeness (QED) is 0.738. The van der Waals surface area contributed by atoms with Crippen LogP contribution in [0.4, 0.5) is 0 Å². The zero-order valence-electron chi connectivity index (χ0n) is 8.54.